The quantitative estimate of drug-likeness (QED) is 0.684. The van der Waals surface area contributed by atoms with Crippen molar-refractivity contribution in [2.45, 2.75) is 39.2 Å². The molecule has 0 atom stereocenters. The number of fused-ring (bicyclic) bond motifs is 3. The third-order valence-corrected chi connectivity index (χ3v) is 5.73. The van der Waals surface area contributed by atoms with Gasteiger partial charge in [-0.15, -0.1) is 11.3 Å². The molecule has 28 heavy (non-hydrogen) atoms. The lowest BCUT2D eigenvalue weighted by atomic mass is 10.0. The summed E-state index contributed by atoms with van der Waals surface area (Å²) in [5.74, 6) is -0.762. The minimum absolute atomic E-state index is 0.0858. The number of ether oxygens (including phenoxy) is 1. The number of thiazole rings is 1. The highest BCUT2D eigenvalue weighted by atomic mass is 32.1. The number of carbonyl (C=O) groups is 2. The smallest absolute Gasteiger partial charge is 0.338 e. The van der Waals surface area contributed by atoms with E-state index in [1.807, 2.05) is 0 Å². The van der Waals surface area contributed by atoms with Gasteiger partial charge in [0.25, 0.3) is 5.56 Å². The first-order chi connectivity index (χ1) is 13.5. The molecule has 1 amide bonds. The zero-order valence-electron chi connectivity index (χ0n) is 15.4. The maximum atomic E-state index is 12.5. The summed E-state index contributed by atoms with van der Waals surface area (Å²) in [4.78, 5) is 42.4. The van der Waals surface area contributed by atoms with E-state index in [9.17, 15) is 14.4 Å². The molecule has 2 aromatic heterocycles. The van der Waals surface area contributed by atoms with Crippen molar-refractivity contribution in [3.8, 4) is 0 Å². The molecule has 144 valence electrons. The van der Waals surface area contributed by atoms with E-state index in [2.05, 4.69) is 10.3 Å². The fourth-order valence-electron chi connectivity index (χ4n) is 3.37. The summed E-state index contributed by atoms with van der Waals surface area (Å²) in [5, 5.41) is 2.62. The number of esters is 1. The second kappa shape index (κ2) is 7.55. The van der Waals surface area contributed by atoms with Crippen molar-refractivity contribution in [2.24, 2.45) is 0 Å². The van der Waals surface area contributed by atoms with Crippen LogP contribution in [0.2, 0.25) is 0 Å². The molecule has 0 saturated heterocycles. The molecule has 0 fully saturated rings. The molecule has 0 saturated carbocycles. The summed E-state index contributed by atoms with van der Waals surface area (Å²) < 4.78 is 7.00. The van der Waals surface area contributed by atoms with E-state index < -0.39 is 5.97 Å². The minimum Gasteiger partial charge on any atom is -0.456 e. The third kappa shape index (κ3) is 3.68. The van der Waals surface area contributed by atoms with Crippen molar-refractivity contribution < 1.29 is 14.3 Å². The molecular formula is C20H19N3O4S. The molecule has 4 rings (SSSR count). The topological polar surface area (TPSA) is 89.8 Å². The average Bonchev–Trinajstić information content (AvgIpc) is 3.04. The highest BCUT2D eigenvalue weighted by molar-refractivity contribution is 7.17. The van der Waals surface area contributed by atoms with Gasteiger partial charge in [-0.1, -0.05) is 6.07 Å². The molecule has 0 unspecified atom stereocenters. The predicted octanol–water partition coefficient (Wildman–Crippen LogP) is 2.95. The van der Waals surface area contributed by atoms with Gasteiger partial charge in [-0.05, 0) is 43.9 Å². The van der Waals surface area contributed by atoms with Gasteiger partial charge in [0.15, 0.2) is 4.96 Å². The van der Waals surface area contributed by atoms with Crippen molar-refractivity contribution in [1.82, 2.24) is 9.38 Å². The van der Waals surface area contributed by atoms with E-state index in [-0.39, 0.29) is 18.1 Å². The summed E-state index contributed by atoms with van der Waals surface area (Å²) in [6, 6.07) is 7.92. The van der Waals surface area contributed by atoms with Gasteiger partial charge in [0.05, 0.1) is 11.3 Å². The van der Waals surface area contributed by atoms with E-state index in [1.54, 1.807) is 28.7 Å². The normalized spacial score (nSPS) is 13.2. The number of amides is 1. The van der Waals surface area contributed by atoms with Gasteiger partial charge < -0.3 is 10.1 Å². The molecule has 1 N–H and O–H groups in total. The lowest BCUT2D eigenvalue weighted by Gasteiger charge is -2.10. The van der Waals surface area contributed by atoms with Gasteiger partial charge in [0, 0.05) is 29.2 Å². The minimum atomic E-state index is -0.542. The van der Waals surface area contributed by atoms with Gasteiger partial charge >= 0.3 is 5.97 Å². The Bertz CT molecular complexity index is 1130. The summed E-state index contributed by atoms with van der Waals surface area (Å²) in [7, 11) is 0. The number of benzene rings is 1. The van der Waals surface area contributed by atoms with Crippen LogP contribution in [0.5, 0.6) is 0 Å². The standard InChI is InChI=1S/C20H19N3O4S/c1-12(24)21-14-6-4-5-13(9-14)19(26)27-11-15-10-18(25)23-16-7-2-3-8-17(16)28-20(23)22-15/h4-6,9-10H,2-3,7-8,11H2,1H3,(H,21,24). The zero-order valence-corrected chi connectivity index (χ0v) is 16.2. The van der Waals surface area contributed by atoms with E-state index in [0.717, 1.165) is 31.4 Å². The lowest BCUT2D eigenvalue weighted by molar-refractivity contribution is -0.114. The second-order valence-electron chi connectivity index (χ2n) is 6.72. The molecule has 2 heterocycles. The monoisotopic (exact) mass is 397 g/mol. The van der Waals surface area contributed by atoms with Gasteiger partial charge in [-0.3, -0.25) is 14.0 Å². The molecule has 3 aromatic rings. The zero-order chi connectivity index (χ0) is 19.7. The number of rotatable bonds is 4. The van der Waals surface area contributed by atoms with Crippen LogP contribution in [0.1, 0.15) is 46.4 Å². The first-order valence-corrected chi connectivity index (χ1v) is 9.91. The number of hydrogen-bond acceptors (Lipinski definition) is 6. The number of anilines is 1. The van der Waals surface area contributed by atoms with Gasteiger partial charge in [-0.25, -0.2) is 9.78 Å². The van der Waals surface area contributed by atoms with Crippen LogP contribution in [0.15, 0.2) is 35.1 Å². The summed E-state index contributed by atoms with van der Waals surface area (Å²) >= 11 is 1.54. The van der Waals surface area contributed by atoms with Gasteiger partial charge in [0.1, 0.15) is 6.61 Å². The Morgan fingerprint density at radius 1 is 1.25 bits per heavy atom. The summed E-state index contributed by atoms with van der Waals surface area (Å²) in [5.41, 5.74) is 2.19. The van der Waals surface area contributed by atoms with Crippen LogP contribution in [0.3, 0.4) is 0 Å². The molecule has 0 aliphatic heterocycles. The summed E-state index contributed by atoms with van der Waals surface area (Å²) in [6.07, 6.45) is 4.10. The SMILES string of the molecule is CC(=O)Nc1cccc(C(=O)OCc2cc(=O)n3c4c(sc3n2)CCCC4)c1. The highest BCUT2D eigenvalue weighted by Crippen LogP contribution is 2.28. The first kappa shape index (κ1) is 18.4. The Kier molecular flexibility index (Phi) is 4.95. The predicted molar refractivity (Wildman–Crippen MR) is 106 cm³/mol. The first-order valence-electron chi connectivity index (χ1n) is 9.09. The molecule has 8 heteroatoms. The number of carbonyl (C=O) groups excluding carboxylic acids is 2. The number of nitrogens with one attached hydrogen (secondary N) is 1. The molecule has 0 spiro atoms. The van der Waals surface area contributed by atoms with E-state index in [0.29, 0.717) is 21.9 Å². The molecular weight excluding hydrogens is 378 g/mol. The second-order valence-corrected chi connectivity index (χ2v) is 7.78. The highest BCUT2D eigenvalue weighted by Gasteiger charge is 2.19. The molecule has 1 aromatic carbocycles. The fourth-order valence-corrected chi connectivity index (χ4v) is 4.60. The van der Waals surface area contributed by atoms with Crippen molar-refractivity contribution >= 4 is 33.9 Å². The average molecular weight is 397 g/mol. The largest absolute Gasteiger partial charge is 0.456 e. The van der Waals surface area contributed by atoms with Crippen molar-refractivity contribution in [3.63, 3.8) is 0 Å². The van der Waals surface area contributed by atoms with E-state index in [1.165, 1.54) is 29.2 Å². The van der Waals surface area contributed by atoms with Crippen LogP contribution in [0.25, 0.3) is 4.96 Å². The van der Waals surface area contributed by atoms with Crippen molar-refractivity contribution in [3.05, 3.63) is 62.5 Å². The molecule has 0 radical (unpaired) electrons. The maximum absolute atomic E-state index is 12.5. The Morgan fingerprint density at radius 3 is 2.89 bits per heavy atom. The molecule has 7 nitrogen and oxygen atoms in total. The van der Waals surface area contributed by atoms with Gasteiger partial charge in [-0.2, -0.15) is 0 Å². The fraction of sp³-hybridized carbons (Fsp3) is 0.300. The number of nitrogens with zero attached hydrogens (tertiary/aromatic N) is 2. The van der Waals surface area contributed by atoms with Crippen molar-refractivity contribution in [1.29, 1.82) is 0 Å². The molecule has 1 aliphatic rings. The van der Waals surface area contributed by atoms with Crippen LogP contribution < -0.4 is 10.9 Å². The number of aromatic nitrogens is 2. The Morgan fingerprint density at radius 2 is 2.07 bits per heavy atom. The molecule has 1 aliphatic carbocycles. The third-order valence-electron chi connectivity index (χ3n) is 4.58. The lowest BCUT2D eigenvalue weighted by Crippen LogP contribution is -2.18. The number of aryl methyl sites for hydroxylation is 2. The number of hydrogen-bond donors (Lipinski definition) is 1. The maximum Gasteiger partial charge on any atom is 0.338 e. The molecule has 0 bridgehead atoms. The Balaban J connectivity index is 1.52. The van der Waals surface area contributed by atoms with Crippen LogP contribution in [0.4, 0.5) is 5.69 Å². The van der Waals surface area contributed by atoms with Gasteiger partial charge in [0.2, 0.25) is 5.91 Å². The van der Waals surface area contributed by atoms with E-state index in [4.69, 9.17) is 4.74 Å². The van der Waals surface area contributed by atoms with Crippen LogP contribution in [-0.4, -0.2) is 21.3 Å². The van der Waals surface area contributed by atoms with Crippen molar-refractivity contribution in [2.75, 3.05) is 5.32 Å². The van der Waals surface area contributed by atoms with E-state index >= 15 is 0 Å². The Hall–Kier alpha value is -3.00. The van der Waals surface area contributed by atoms with Crippen LogP contribution in [-0.2, 0) is 29.0 Å². The van der Waals surface area contributed by atoms with Crippen LogP contribution >= 0.6 is 11.3 Å². The van der Waals surface area contributed by atoms with Crippen LogP contribution in [0, 0.1) is 0 Å². The Labute approximate surface area is 165 Å². The summed E-state index contributed by atoms with van der Waals surface area (Å²) in [6.45, 7) is 1.31.